The monoisotopic (exact) mass is 506 g/mol. The third-order valence-electron chi connectivity index (χ3n) is 8.09. The predicted molar refractivity (Wildman–Crippen MR) is 142 cm³/mol. The maximum atomic E-state index is 13.8. The second-order valence-electron chi connectivity index (χ2n) is 11.4. The van der Waals surface area contributed by atoms with Crippen LogP contribution in [-0.4, -0.2) is 46.8 Å². The van der Waals surface area contributed by atoms with Crippen LogP contribution >= 0.6 is 11.6 Å². The fraction of sp³-hybridized carbons (Fsp3) is 0.467. The standard InChI is InChI=1S/C30H35ClN2O3/c1-30(2,3)23-10-13-26-25(17-23)33(29(35)27(36-26)16-20-8-11-24(31)12-9-20)19-28(34)32-15-14-21-6-4-5-7-22(21)18-32/h4-9,11-12,16,23,25-26H,10,13-15,17-19H2,1-3H3/b27-16+. The van der Waals surface area contributed by atoms with Crippen molar-refractivity contribution in [2.45, 2.75) is 65.1 Å². The number of morpholine rings is 1. The zero-order chi connectivity index (χ0) is 25.4. The highest BCUT2D eigenvalue weighted by Gasteiger charge is 2.46. The van der Waals surface area contributed by atoms with Crippen LogP contribution in [0.4, 0.5) is 0 Å². The molecule has 0 bridgehead atoms. The Morgan fingerprint density at radius 2 is 1.81 bits per heavy atom. The molecule has 1 aliphatic carbocycles. The lowest BCUT2D eigenvalue weighted by molar-refractivity contribution is -0.157. The average Bonchev–Trinajstić information content (AvgIpc) is 2.86. The molecular formula is C30H35ClN2O3. The zero-order valence-corrected chi connectivity index (χ0v) is 22.1. The molecule has 0 radical (unpaired) electrons. The van der Waals surface area contributed by atoms with Gasteiger partial charge in [0.25, 0.3) is 5.91 Å². The van der Waals surface area contributed by atoms with Crippen molar-refractivity contribution in [3.8, 4) is 0 Å². The fourth-order valence-corrected chi connectivity index (χ4v) is 5.95. The first-order valence-corrected chi connectivity index (χ1v) is 13.4. The van der Waals surface area contributed by atoms with Gasteiger partial charge in [0, 0.05) is 18.1 Å². The summed E-state index contributed by atoms with van der Waals surface area (Å²) in [6.07, 6.45) is 5.30. The minimum Gasteiger partial charge on any atom is -0.482 e. The maximum Gasteiger partial charge on any atom is 0.289 e. The number of rotatable bonds is 3. The van der Waals surface area contributed by atoms with E-state index in [-0.39, 0.29) is 35.9 Å². The van der Waals surface area contributed by atoms with E-state index < -0.39 is 0 Å². The minimum atomic E-state index is -0.202. The summed E-state index contributed by atoms with van der Waals surface area (Å²) >= 11 is 6.04. The number of halogens is 1. The van der Waals surface area contributed by atoms with Crippen molar-refractivity contribution in [1.82, 2.24) is 9.80 Å². The van der Waals surface area contributed by atoms with E-state index in [0.29, 0.717) is 29.8 Å². The first kappa shape index (κ1) is 24.9. The smallest absolute Gasteiger partial charge is 0.289 e. The Morgan fingerprint density at radius 3 is 2.53 bits per heavy atom. The fourth-order valence-electron chi connectivity index (χ4n) is 5.83. The molecule has 6 heteroatoms. The lowest BCUT2D eigenvalue weighted by atomic mass is 9.69. The SMILES string of the molecule is CC(C)(C)C1CCC2O/C(=C/c3ccc(Cl)cc3)C(=O)N(CC(=O)N3CCc4ccccc4C3)C2C1. The second-order valence-corrected chi connectivity index (χ2v) is 11.9. The Morgan fingerprint density at radius 1 is 1.08 bits per heavy atom. The normalized spacial score (nSPS) is 25.3. The van der Waals surface area contributed by atoms with Crippen molar-refractivity contribution < 1.29 is 14.3 Å². The number of hydrogen-bond acceptors (Lipinski definition) is 3. The first-order valence-electron chi connectivity index (χ1n) is 13.0. The van der Waals surface area contributed by atoms with Gasteiger partial charge in [-0.3, -0.25) is 9.59 Å². The highest BCUT2D eigenvalue weighted by molar-refractivity contribution is 6.30. The van der Waals surface area contributed by atoms with Crippen LogP contribution in [0.5, 0.6) is 0 Å². The highest BCUT2D eigenvalue weighted by Crippen LogP contribution is 2.43. The van der Waals surface area contributed by atoms with Gasteiger partial charge in [0.05, 0.1) is 6.04 Å². The summed E-state index contributed by atoms with van der Waals surface area (Å²) in [6, 6.07) is 15.5. The molecule has 0 aromatic heterocycles. The molecule has 1 saturated heterocycles. The predicted octanol–water partition coefficient (Wildman–Crippen LogP) is 5.71. The van der Waals surface area contributed by atoms with Gasteiger partial charge in [0.1, 0.15) is 12.6 Å². The summed E-state index contributed by atoms with van der Waals surface area (Å²) in [5.41, 5.74) is 3.48. The molecule has 2 aromatic rings. The lowest BCUT2D eigenvalue weighted by Gasteiger charge is -2.49. The lowest BCUT2D eigenvalue weighted by Crippen LogP contribution is -2.59. The van der Waals surface area contributed by atoms with Crippen molar-refractivity contribution in [1.29, 1.82) is 0 Å². The van der Waals surface area contributed by atoms with E-state index in [0.717, 1.165) is 31.2 Å². The molecule has 3 atom stereocenters. The van der Waals surface area contributed by atoms with E-state index in [1.54, 1.807) is 23.1 Å². The Labute approximate surface area is 219 Å². The van der Waals surface area contributed by atoms with E-state index in [1.807, 2.05) is 29.2 Å². The van der Waals surface area contributed by atoms with E-state index in [4.69, 9.17) is 16.3 Å². The Balaban J connectivity index is 1.40. The Kier molecular flexibility index (Phi) is 6.86. The van der Waals surface area contributed by atoms with Crippen molar-refractivity contribution in [2.24, 2.45) is 11.3 Å². The molecule has 1 saturated carbocycles. The van der Waals surface area contributed by atoms with Crippen LogP contribution in [0.1, 0.15) is 56.7 Å². The molecule has 2 aromatic carbocycles. The second kappa shape index (κ2) is 9.93. The minimum absolute atomic E-state index is 0.00206. The van der Waals surface area contributed by atoms with Crippen molar-refractivity contribution in [3.05, 3.63) is 76.0 Å². The van der Waals surface area contributed by atoms with Gasteiger partial charge in [0.2, 0.25) is 5.91 Å². The van der Waals surface area contributed by atoms with E-state index >= 15 is 0 Å². The van der Waals surface area contributed by atoms with Crippen LogP contribution in [0.3, 0.4) is 0 Å². The number of carbonyl (C=O) groups excluding carboxylic acids is 2. The molecule has 5 rings (SSSR count). The summed E-state index contributed by atoms with van der Waals surface area (Å²) in [4.78, 5) is 31.0. The highest BCUT2D eigenvalue weighted by atomic mass is 35.5. The van der Waals surface area contributed by atoms with Gasteiger partial charge in [-0.25, -0.2) is 0 Å². The Bertz CT molecular complexity index is 1170. The molecule has 3 unspecified atom stereocenters. The summed E-state index contributed by atoms with van der Waals surface area (Å²) in [7, 11) is 0. The number of ether oxygens (including phenoxy) is 1. The molecule has 2 fully saturated rings. The van der Waals surface area contributed by atoms with Gasteiger partial charge < -0.3 is 14.5 Å². The molecule has 0 N–H and O–H groups in total. The molecule has 36 heavy (non-hydrogen) atoms. The molecule has 190 valence electrons. The molecule has 2 amide bonds. The molecule has 2 aliphatic heterocycles. The van der Waals surface area contributed by atoms with Gasteiger partial charge in [-0.2, -0.15) is 0 Å². The van der Waals surface area contributed by atoms with Gasteiger partial charge in [-0.15, -0.1) is 0 Å². The number of benzene rings is 2. The number of fused-ring (bicyclic) bond motifs is 2. The third-order valence-corrected chi connectivity index (χ3v) is 8.34. The van der Waals surface area contributed by atoms with E-state index in [9.17, 15) is 9.59 Å². The molecular weight excluding hydrogens is 472 g/mol. The van der Waals surface area contributed by atoms with Crippen LogP contribution < -0.4 is 0 Å². The number of amides is 2. The molecule has 3 aliphatic rings. The Hall–Kier alpha value is -2.79. The average molecular weight is 507 g/mol. The third kappa shape index (κ3) is 5.17. The first-order chi connectivity index (χ1) is 17.2. The van der Waals surface area contributed by atoms with Crippen LogP contribution in [-0.2, 0) is 27.3 Å². The van der Waals surface area contributed by atoms with Crippen molar-refractivity contribution in [3.63, 3.8) is 0 Å². The van der Waals surface area contributed by atoms with Crippen molar-refractivity contribution >= 4 is 29.5 Å². The maximum absolute atomic E-state index is 13.8. The molecule has 2 heterocycles. The number of hydrogen-bond donors (Lipinski definition) is 0. The van der Waals surface area contributed by atoms with Gasteiger partial charge in [-0.05, 0) is 71.9 Å². The van der Waals surface area contributed by atoms with Crippen LogP contribution in [0, 0.1) is 11.3 Å². The van der Waals surface area contributed by atoms with Gasteiger partial charge in [-0.1, -0.05) is 68.8 Å². The van der Waals surface area contributed by atoms with Gasteiger partial charge in [0.15, 0.2) is 5.76 Å². The summed E-state index contributed by atoms with van der Waals surface area (Å²) in [6.45, 7) is 8.14. The number of nitrogens with zero attached hydrogens (tertiary/aromatic N) is 2. The summed E-state index contributed by atoms with van der Waals surface area (Å²) in [5.74, 6) is 0.578. The van der Waals surface area contributed by atoms with Crippen LogP contribution in [0.2, 0.25) is 5.02 Å². The zero-order valence-electron chi connectivity index (χ0n) is 21.4. The van der Waals surface area contributed by atoms with E-state index in [1.165, 1.54) is 11.1 Å². The van der Waals surface area contributed by atoms with Crippen LogP contribution in [0.15, 0.2) is 54.3 Å². The summed E-state index contributed by atoms with van der Waals surface area (Å²) in [5, 5.41) is 0.643. The molecule has 0 spiro atoms. The largest absolute Gasteiger partial charge is 0.482 e. The number of carbonyl (C=O) groups is 2. The van der Waals surface area contributed by atoms with Gasteiger partial charge >= 0.3 is 0 Å². The topological polar surface area (TPSA) is 49.9 Å². The van der Waals surface area contributed by atoms with Crippen LogP contribution in [0.25, 0.3) is 6.08 Å². The molecule has 5 nitrogen and oxygen atoms in total. The quantitative estimate of drug-likeness (QED) is 0.501. The van der Waals surface area contributed by atoms with Crippen molar-refractivity contribution in [2.75, 3.05) is 13.1 Å². The van der Waals surface area contributed by atoms with E-state index in [2.05, 4.69) is 32.9 Å². The summed E-state index contributed by atoms with van der Waals surface area (Å²) < 4.78 is 6.31.